The highest BCUT2D eigenvalue weighted by molar-refractivity contribution is 6.51. The molecule has 4 aromatic rings. The maximum absolute atomic E-state index is 13.6. The van der Waals surface area contributed by atoms with Crippen molar-refractivity contribution in [2.24, 2.45) is 0 Å². The second-order valence-electron chi connectivity index (χ2n) is 10.7. The molecular weight excluding hydrogens is 494 g/mol. The molecule has 1 aliphatic rings. The van der Waals surface area contributed by atoms with Crippen LogP contribution in [0.1, 0.15) is 49.1 Å². The monoisotopic (exact) mass is 525 g/mol. The number of aliphatic hydroxyl groups excluding tert-OH is 1. The van der Waals surface area contributed by atoms with Gasteiger partial charge >= 0.3 is 5.91 Å². The molecule has 39 heavy (non-hydrogen) atoms. The van der Waals surface area contributed by atoms with E-state index in [1.807, 2.05) is 49.4 Å². The summed E-state index contributed by atoms with van der Waals surface area (Å²) in [6.45, 7) is 8.30. The molecule has 1 saturated heterocycles. The number of ether oxygens (including phenoxy) is 2. The van der Waals surface area contributed by atoms with Gasteiger partial charge in [0.2, 0.25) is 5.95 Å². The molecule has 0 radical (unpaired) electrons. The summed E-state index contributed by atoms with van der Waals surface area (Å²) in [6.07, 6.45) is 0. The number of rotatable bonds is 5. The fourth-order valence-electron chi connectivity index (χ4n) is 4.90. The summed E-state index contributed by atoms with van der Waals surface area (Å²) in [6, 6.07) is 17.4. The smallest absolute Gasteiger partial charge is 0.302 e. The Morgan fingerprint density at radius 3 is 2.33 bits per heavy atom. The number of methoxy groups -OCH3 is 2. The van der Waals surface area contributed by atoms with Gasteiger partial charge in [-0.15, -0.1) is 0 Å². The van der Waals surface area contributed by atoms with E-state index in [0.717, 1.165) is 16.6 Å². The van der Waals surface area contributed by atoms with Gasteiger partial charge in [0.25, 0.3) is 5.78 Å². The normalized spacial score (nSPS) is 17.2. The van der Waals surface area contributed by atoms with Gasteiger partial charge in [-0.3, -0.25) is 14.5 Å². The Labute approximate surface area is 226 Å². The largest absolute Gasteiger partial charge is 0.507 e. The Morgan fingerprint density at radius 2 is 1.69 bits per heavy atom. The van der Waals surface area contributed by atoms with E-state index in [1.54, 1.807) is 18.2 Å². The number of Topliss-reactive ketones (excluding diaryl/α,β-unsaturated/α-hetero) is 1. The summed E-state index contributed by atoms with van der Waals surface area (Å²) in [5.41, 5.74) is 4.32. The van der Waals surface area contributed by atoms with Gasteiger partial charge in [-0.25, -0.2) is 4.98 Å². The van der Waals surface area contributed by atoms with Crippen molar-refractivity contribution in [3.05, 3.63) is 88.5 Å². The summed E-state index contributed by atoms with van der Waals surface area (Å²) in [7, 11) is 2.99. The average molecular weight is 526 g/mol. The molecule has 5 rings (SSSR count). The third kappa shape index (κ3) is 4.52. The second kappa shape index (κ2) is 9.62. The lowest BCUT2D eigenvalue weighted by Gasteiger charge is -2.25. The standard InChI is InChI=1S/C31H31N3O5/c1-17-7-14-22-23(15-17)33-30(32-22)34-26(18-8-10-19(11-9-18)31(2,3)4)25(28(36)29(34)37)27(35)21-13-12-20(38-5)16-24(21)39-6/h7-16,26,35H,1-6H3,(H,32,33)/b27-25+. The molecule has 1 atom stereocenters. The molecule has 8 nitrogen and oxygen atoms in total. The number of aliphatic hydroxyl groups is 1. The lowest BCUT2D eigenvalue weighted by atomic mass is 9.85. The molecule has 0 bridgehead atoms. The van der Waals surface area contributed by atoms with E-state index in [0.29, 0.717) is 22.6 Å². The molecule has 1 unspecified atom stereocenters. The maximum atomic E-state index is 13.6. The van der Waals surface area contributed by atoms with Crippen molar-refractivity contribution >= 4 is 34.4 Å². The van der Waals surface area contributed by atoms with E-state index in [-0.39, 0.29) is 28.3 Å². The highest BCUT2D eigenvalue weighted by Gasteiger charge is 2.48. The van der Waals surface area contributed by atoms with E-state index in [9.17, 15) is 14.7 Å². The van der Waals surface area contributed by atoms with E-state index >= 15 is 0 Å². The molecule has 1 aliphatic heterocycles. The lowest BCUT2D eigenvalue weighted by Crippen LogP contribution is -2.30. The predicted molar refractivity (Wildman–Crippen MR) is 150 cm³/mol. The van der Waals surface area contributed by atoms with Crippen LogP contribution in [0.2, 0.25) is 0 Å². The first kappa shape index (κ1) is 26.0. The van der Waals surface area contributed by atoms with Gasteiger partial charge in [-0.05, 0) is 53.3 Å². The number of ketones is 1. The molecule has 3 aromatic carbocycles. The minimum atomic E-state index is -0.924. The average Bonchev–Trinajstić information content (AvgIpc) is 3.44. The first-order valence-corrected chi connectivity index (χ1v) is 12.6. The minimum absolute atomic E-state index is 0.0522. The van der Waals surface area contributed by atoms with Gasteiger partial charge in [0, 0.05) is 6.07 Å². The number of imidazole rings is 1. The third-order valence-electron chi connectivity index (χ3n) is 7.05. The van der Waals surface area contributed by atoms with Crippen molar-refractivity contribution in [1.82, 2.24) is 9.97 Å². The third-order valence-corrected chi connectivity index (χ3v) is 7.05. The van der Waals surface area contributed by atoms with Crippen LogP contribution in [0, 0.1) is 6.92 Å². The highest BCUT2D eigenvalue weighted by atomic mass is 16.5. The summed E-state index contributed by atoms with van der Waals surface area (Å²) in [5, 5.41) is 11.6. The molecule has 0 aliphatic carbocycles. The summed E-state index contributed by atoms with van der Waals surface area (Å²) in [4.78, 5) is 36.3. The van der Waals surface area contributed by atoms with Crippen molar-refractivity contribution < 1.29 is 24.2 Å². The van der Waals surface area contributed by atoms with E-state index in [4.69, 9.17) is 9.47 Å². The number of fused-ring (bicyclic) bond motifs is 1. The fourth-order valence-corrected chi connectivity index (χ4v) is 4.90. The SMILES string of the molecule is COc1ccc(/C(O)=C2\C(=O)C(=O)N(c3nc4ccc(C)cc4[nH]3)C2c2ccc(C(C)(C)C)cc2)c(OC)c1. The van der Waals surface area contributed by atoms with Crippen LogP contribution in [-0.4, -0.2) is 41.0 Å². The molecule has 2 heterocycles. The van der Waals surface area contributed by atoms with Gasteiger partial charge in [0.05, 0.1) is 42.4 Å². The van der Waals surface area contributed by atoms with E-state index < -0.39 is 17.7 Å². The number of carbonyl (C=O) groups is 2. The summed E-state index contributed by atoms with van der Waals surface area (Å²) >= 11 is 0. The molecule has 2 N–H and O–H groups in total. The van der Waals surface area contributed by atoms with Gasteiger partial charge < -0.3 is 19.6 Å². The maximum Gasteiger partial charge on any atom is 0.302 e. The van der Waals surface area contributed by atoms with Crippen molar-refractivity contribution in [3.63, 3.8) is 0 Å². The number of anilines is 1. The highest BCUT2D eigenvalue weighted by Crippen LogP contribution is 2.43. The van der Waals surface area contributed by atoms with Gasteiger partial charge in [0.15, 0.2) is 0 Å². The number of hydrogen-bond acceptors (Lipinski definition) is 6. The van der Waals surface area contributed by atoms with Crippen molar-refractivity contribution in [3.8, 4) is 11.5 Å². The molecule has 0 saturated carbocycles. The summed E-state index contributed by atoms with van der Waals surface area (Å²) < 4.78 is 10.8. The number of benzene rings is 3. The van der Waals surface area contributed by atoms with Crippen molar-refractivity contribution in [2.45, 2.75) is 39.2 Å². The number of aryl methyl sites for hydroxylation is 1. The topological polar surface area (TPSA) is 105 Å². The number of nitrogens with zero attached hydrogens (tertiary/aromatic N) is 2. The van der Waals surface area contributed by atoms with E-state index in [1.165, 1.54) is 19.1 Å². The zero-order chi connectivity index (χ0) is 28.1. The van der Waals surface area contributed by atoms with Crippen LogP contribution in [0.5, 0.6) is 11.5 Å². The van der Waals surface area contributed by atoms with Gasteiger partial charge in [-0.2, -0.15) is 0 Å². The zero-order valence-electron chi connectivity index (χ0n) is 22.8. The number of aromatic amines is 1. The fraction of sp³-hybridized carbons (Fsp3) is 0.258. The molecule has 8 heteroatoms. The molecule has 1 fully saturated rings. The van der Waals surface area contributed by atoms with Crippen molar-refractivity contribution in [2.75, 3.05) is 19.1 Å². The number of H-pyrrole nitrogens is 1. The van der Waals surface area contributed by atoms with Crippen LogP contribution in [0.3, 0.4) is 0 Å². The Kier molecular flexibility index (Phi) is 6.42. The quantitative estimate of drug-likeness (QED) is 0.194. The van der Waals surface area contributed by atoms with Gasteiger partial charge in [0.1, 0.15) is 17.3 Å². The Bertz CT molecular complexity index is 1630. The predicted octanol–water partition coefficient (Wildman–Crippen LogP) is 5.81. The molecule has 1 aromatic heterocycles. The first-order chi connectivity index (χ1) is 18.5. The zero-order valence-corrected chi connectivity index (χ0v) is 22.8. The minimum Gasteiger partial charge on any atom is -0.507 e. The van der Waals surface area contributed by atoms with Crippen LogP contribution >= 0.6 is 0 Å². The number of nitrogens with one attached hydrogen (secondary N) is 1. The number of carbonyl (C=O) groups excluding carboxylic acids is 2. The van der Waals surface area contributed by atoms with Crippen LogP contribution in [0.4, 0.5) is 5.95 Å². The Hall–Kier alpha value is -4.59. The van der Waals surface area contributed by atoms with Gasteiger partial charge in [-0.1, -0.05) is 51.1 Å². The first-order valence-electron chi connectivity index (χ1n) is 12.6. The molecule has 1 amide bonds. The van der Waals surface area contributed by atoms with E-state index in [2.05, 4.69) is 30.7 Å². The summed E-state index contributed by atoms with van der Waals surface area (Å²) in [5.74, 6) is -0.887. The Morgan fingerprint density at radius 1 is 0.974 bits per heavy atom. The van der Waals surface area contributed by atoms with Crippen LogP contribution < -0.4 is 14.4 Å². The lowest BCUT2D eigenvalue weighted by molar-refractivity contribution is -0.132. The molecule has 0 spiro atoms. The second-order valence-corrected chi connectivity index (χ2v) is 10.7. The van der Waals surface area contributed by atoms with Crippen LogP contribution in [-0.2, 0) is 15.0 Å². The number of amides is 1. The van der Waals surface area contributed by atoms with Crippen molar-refractivity contribution in [1.29, 1.82) is 0 Å². The van der Waals surface area contributed by atoms with Crippen LogP contribution in [0.25, 0.3) is 16.8 Å². The van der Waals surface area contributed by atoms with Crippen LogP contribution in [0.15, 0.2) is 66.2 Å². The molecular formula is C31H31N3O5. The number of aromatic nitrogens is 2. The Balaban J connectivity index is 1.73. The number of hydrogen-bond donors (Lipinski definition) is 2. The molecule has 200 valence electrons.